The number of hydrogen-bond acceptors (Lipinski definition) is 12. The van der Waals surface area contributed by atoms with Crippen LogP contribution in [0.5, 0.6) is 11.5 Å². The number of imide groups is 1. The number of benzene rings is 4. The highest BCUT2D eigenvalue weighted by atomic mass is 19.2. The number of rotatable bonds is 9. The number of fused-ring (bicyclic) bond motifs is 2. The lowest BCUT2D eigenvalue weighted by Crippen LogP contribution is -2.52. The molecule has 4 heterocycles. The number of nitrogens with zero attached hydrogens (tertiary/aromatic N) is 5. The molecular weight excluding hydrogens is 1010 g/mol. The van der Waals surface area contributed by atoms with Crippen molar-refractivity contribution in [2.75, 3.05) is 62.2 Å². The summed E-state index contributed by atoms with van der Waals surface area (Å²) in [5.74, 6) is -19.4. The van der Waals surface area contributed by atoms with Gasteiger partial charge in [0.05, 0.1) is 34.7 Å². The van der Waals surface area contributed by atoms with Gasteiger partial charge in [-0.2, -0.15) is 0 Å². The van der Waals surface area contributed by atoms with Crippen molar-refractivity contribution in [3.63, 3.8) is 0 Å². The van der Waals surface area contributed by atoms with Crippen molar-refractivity contribution in [2.45, 2.75) is 123 Å². The summed E-state index contributed by atoms with van der Waals surface area (Å²) in [4.78, 5) is 57.7. The molecule has 2 saturated heterocycles. The number of hydrogen-bond donors (Lipinski definition) is 1. The molecule has 21 heteroatoms. The van der Waals surface area contributed by atoms with Crippen LogP contribution in [0, 0.1) is 46.5 Å². The van der Waals surface area contributed by atoms with Gasteiger partial charge >= 0.3 is 11.9 Å². The molecule has 4 aliphatic heterocycles. The van der Waals surface area contributed by atoms with Gasteiger partial charge in [0.1, 0.15) is 22.6 Å². The molecule has 76 heavy (non-hydrogen) atoms. The van der Waals surface area contributed by atoms with Crippen molar-refractivity contribution in [2.24, 2.45) is 5.73 Å². The zero-order valence-corrected chi connectivity index (χ0v) is 42.1. The SMILES string of the molecule is C.CC(C)Oc1ccccc1N1CCN(C2CCC(N)CC2)CC1.CC(C)Oc1ccccc1N1CCN(C2CCC(N3C(=O)c4c(F)c(F)c(F)c(F)c4C3=O)CC2)CC1.O=C1OC(=O)c2c(F)c(F)c(F)c(F)c21. The van der Waals surface area contributed by atoms with Crippen LogP contribution in [0.1, 0.15) is 128 Å². The Labute approximate surface area is 436 Å². The molecule has 6 aliphatic rings. The molecule has 2 N–H and O–H groups in total. The molecule has 2 amide bonds. The van der Waals surface area contributed by atoms with Crippen LogP contribution in [0.3, 0.4) is 0 Å². The minimum Gasteiger partial charge on any atom is -0.489 e. The van der Waals surface area contributed by atoms with Gasteiger partial charge in [-0.25, -0.2) is 44.7 Å². The van der Waals surface area contributed by atoms with Crippen LogP contribution in [0.25, 0.3) is 0 Å². The number of nitrogens with two attached hydrogens (primary N) is 1. The minimum atomic E-state index is -2.15. The molecule has 4 fully saturated rings. The summed E-state index contributed by atoms with van der Waals surface area (Å²) < 4.78 is 123. The number of halogens is 8. The van der Waals surface area contributed by atoms with Crippen LogP contribution in [0.4, 0.5) is 46.5 Å². The lowest BCUT2D eigenvalue weighted by molar-refractivity contribution is 0.0435. The van der Waals surface area contributed by atoms with Crippen LogP contribution in [-0.2, 0) is 4.74 Å². The summed E-state index contributed by atoms with van der Waals surface area (Å²) in [7, 11) is 0. The number of para-hydroxylation sites is 4. The zero-order chi connectivity index (χ0) is 54.0. The molecule has 0 bridgehead atoms. The zero-order valence-electron chi connectivity index (χ0n) is 42.1. The molecule has 0 atom stereocenters. The van der Waals surface area contributed by atoms with Gasteiger partial charge in [0.2, 0.25) is 0 Å². The highest BCUT2D eigenvalue weighted by Crippen LogP contribution is 2.38. The Bertz CT molecular complexity index is 2700. The van der Waals surface area contributed by atoms with E-state index in [2.05, 4.69) is 68.5 Å². The highest BCUT2D eigenvalue weighted by molar-refractivity contribution is 6.22. The fourth-order valence-electron chi connectivity index (χ4n) is 10.8. The first-order valence-electron chi connectivity index (χ1n) is 25.4. The number of anilines is 2. The van der Waals surface area contributed by atoms with Gasteiger partial charge in [-0.1, -0.05) is 31.7 Å². The molecule has 0 aromatic heterocycles. The number of esters is 2. The van der Waals surface area contributed by atoms with Gasteiger partial charge in [0.15, 0.2) is 46.5 Å². The van der Waals surface area contributed by atoms with Crippen LogP contribution >= 0.6 is 0 Å². The molecule has 0 radical (unpaired) electrons. The van der Waals surface area contributed by atoms with Crippen molar-refractivity contribution < 1.29 is 68.5 Å². The molecule has 13 nitrogen and oxygen atoms in total. The first-order valence-corrected chi connectivity index (χ1v) is 25.4. The van der Waals surface area contributed by atoms with Crippen molar-refractivity contribution in [3.05, 3.63) is 117 Å². The molecule has 4 aromatic carbocycles. The van der Waals surface area contributed by atoms with Crippen LogP contribution < -0.4 is 25.0 Å². The van der Waals surface area contributed by atoms with Crippen LogP contribution in [0.15, 0.2) is 48.5 Å². The summed E-state index contributed by atoms with van der Waals surface area (Å²) in [5, 5.41) is 0. The van der Waals surface area contributed by atoms with E-state index in [9.17, 15) is 54.3 Å². The fraction of sp³-hybridized carbons (Fsp3) is 0.491. The third-order valence-corrected chi connectivity index (χ3v) is 14.6. The van der Waals surface area contributed by atoms with Gasteiger partial charge in [-0.3, -0.25) is 24.3 Å². The molecule has 10 rings (SSSR count). The standard InChI is InChI=1S/C27H29F4N3O3.C19H31N3O.C8F4O3.CH4/c1-15(2)37-19-6-4-3-5-18(19)33-13-11-32(12-14-33)16-7-9-17(10-8-16)34-26(35)20-21(27(34)36)23(29)25(31)24(30)22(20)28;1-15(2)23-19-6-4-3-5-18(19)22-13-11-21(12-14-22)17-9-7-16(20)8-10-17;9-3-1-2(8(14)15-7(1)13)4(10)6(12)5(3)11;/h3-6,15-17H,7-14H2,1-2H3;3-6,15-17H,7-14,20H2,1-2H3;;1H4. The minimum absolute atomic E-state index is 0. The maximum absolute atomic E-state index is 14.3. The van der Waals surface area contributed by atoms with E-state index in [1.807, 2.05) is 32.0 Å². The van der Waals surface area contributed by atoms with E-state index >= 15 is 0 Å². The first kappa shape index (κ1) is 57.4. The summed E-state index contributed by atoms with van der Waals surface area (Å²) in [6.45, 7) is 16.0. The number of cyclic esters (lactones) is 2. The second-order valence-corrected chi connectivity index (χ2v) is 20.0. The van der Waals surface area contributed by atoms with E-state index in [-0.39, 0.29) is 25.7 Å². The van der Waals surface area contributed by atoms with Crippen molar-refractivity contribution in [1.82, 2.24) is 14.7 Å². The first-order chi connectivity index (χ1) is 35.8. The third kappa shape index (κ3) is 11.8. The summed E-state index contributed by atoms with van der Waals surface area (Å²) in [6.07, 6.45) is 7.51. The number of carbonyl (C=O) groups excluding carboxylic acids is 4. The monoisotopic (exact) mass is 1070 g/mol. The largest absolute Gasteiger partial charge is 0.489 e. The Morgan fingerprint density at radius 2 is 0.776 bits per heavy atom. The lowest BCUT2D eigenvalue weighted by atomic mass is 9.89. The second-order valence-electron chi connectivity index (χ2n) is 20.0. The number of carbonyl (C=O) groups is 4. The van der Waals surface area contributed by atoms with Gasteiger partial charge in [0.25, 0.3) is 11.8 Å². The van der Waals surface area contributed by atoms with E-state index in [1.54, 1.807) is 0 Å². The van der Waals surface area contributed by atoms with E-state index in [1.165, 1.54) is 31.4 Å². The fourth-order valence-corrected chi connectivity index (χ4v) is 10.8. The topological polar surface area (TPSA) is 138 Å². The average Bonchev–Trinajstić information content (AvgIpc) is 3.86. The Morgan fingerprint density at radius 3 is 1.13 bits per heavy atom. The van der Waals surface area contributed by atoms with E-state index in [0.717, 1.165) is 80.5 Å². The smallest absolute Gasteiger partial charge is 0.350 e. The van der Waals surface area contributed by atoms with Gasteiger partial charge in [0, 0.05) is 76.5 Å². The number of amides is 2. The van der Waals surface area contributed by atoms with E-state index < -0.39 is 98.6 Å². The predicted octanol–water partition coefficient (Wildman–Crippen LogP) is 9.81. The molecule has 4 aromatic rings. The third-order valence-electron chi connectivity index (χ3n) is 14.6. The Kier molecular flexibility index (Phi) is 18.4. The predicted molar refractivity (Wildman–Crippen MR) is 268 cm³/mol. The van der Waals surface area contributed by atoms with Crippen molar-refractivity contribution in [1.29, 1.82) is 0 Å². The Hall–Kier alpha value is -6.32. The molecule has 0 unspecified atom stereocenters. The quantitative estimate of drug-likeness (QED) is 0.0427. The summed E-state index contributed by atoms with van der Waals surface area (Å²) in [5.41, 5.74) is 3.90. The summed E-state index contributed by atoms with van der Waals surface area (Å²) in [6, 6.07) is 17.3. The molecule has 412 valence electrons. The number of piperazine rings is 2. The molecular formula is C55H64F8N6O7. The highest BCUT2D eigenvalue weighted by Gasteiger charge is 2.48. The molecule has 0 spiro atoms. The van der Waals surface area contributed by atoms with Gasteiger partial charge in [-0.15, -0.1) is 0 Å². The Morgan fingerprint density at radius 1 is 0.461 bits per heavy atom. The van der Waals surface area contributed by atoms with Crippen molar-refractivity contribution >= 4 is 35.1 Å². The van der Waals surface area contributed by atoms with Crippen LogP contribution in [0.2, 0.25) is 0 Å². The molecule has 2 saturated carbocycles. The Balaban J connectivity index is 0.000000183. The lowest BCUT2D eigenvalue weighted by Gasteiger charge is -2.43. The second kappa shape index (κ2) is 24.3. The van der Waals surface area contributed by atoms with E-state index in [4.69, 9.17) is 15.2 Å². The normalized spacial score (nSPS) is 21.9. The van der Waals surface area contributed by atoms with E-state index in [0.29, 0.717) is 31.7 Å². The number of ether oxygens (including phenoxy) is 3. The van der Waals surface area contributed by atoms with Crippen molar-refractivity contribution in [3.8, 4) is 11.5 Å². The molecule has 2 aliphatic carbocycles. The maximum atomic E-state index is 14.3. The van der Waals surface area contributed by atoms with Gasteiger partial charge < -0.3 is 29.7 Å². The summed E-state index contributed by atoms with van der Waals surface area (Å²) >= 11 is 0. The average molecular weight is 1070 g/mol. The maximum Gasteiger partial charge on any atom is 0.350 e. The van der Waals surface area contributed by atoms with Gasteiger partial charge in [-0.05, 0) is 103 Å². The van der Waals surface area contributed by atoms with Crippen LogP contribution in [-0.4, -0.2) is 127 Å².